The number of carbonyl (C=O) groups is 1. The van der Waals surface area contributed by atoms with E-state index in [0.717, 1.165) is 23.0 Å². The van der Waals surface area contributed by atoms with E-state index in [2.05, 4.69) is 25.7 Å². The first-order valence-electron chi connectivity index (χ1n) is 9.11. The van der Waals surface area contributed by atoms with E-state index in [4.69, 9.17) is 4.42 Å². The molecule has 0 aliphatic heterocycles. The number of carbonyl (C=O) groups excluding carboxylic acids is 1. The summed E-state index contributed by atoms with van der Waals surface area (Å²) in [5, 5.41) is 12.8. The third-order valence-electron chi connectivity index (χ3n) is 4.07. The fraction of sp³-hybridized carbons (Fsp3) is 0.0455. The standard InChI is InChI=1S/C22H17N5O2S/c1-15-9-11-18(12-10-15)24-26-21(19(28)16-6-3-2-4-7-16)30-22-27-25-20(29-22)17-8-5-13-23-14-17/h2-14,24H,1H3. The van der Waals surface area contributed by atoms with Gasteiger partial charge in [-0.3, -0.25) is 15.2 Å². The summed E-state index contributed by atoms with van der Waals surface area (Å²) in [7, 11) is 0. The SMILES string of the molecule is Cc1ccc(NN=C(Sc2nnc(-c3cccnc3)o2)C(=O)c2ccccc2)cc1. The smallest absolute Gasteiger partial charge is 0.283 e. The van der Waals surface area contributed by atoms with E-state index in [1.165, 1.54) is 0 Å². The molecule has 0 unspecified atom stereocenters. The Kier molecular flexibility index (Phi) is 5.95. The number of ketones is 1. The maximum absolute atomic E-state index is 13.0. The lowest BCUT2D eigenvalue weighted by atomic mass is 10.1. The van der Waals surface area contributed by atoms with Crippen LogP contribution in [0.4, 0.5) is 5.69 Å². The molecule has 8 heteroatoms. The Morgan fingerprint density at radius 1 is 1.00 bits per heavy atom. The predicted octanol–water partition coefficient (Wildman–Crippen LogP) is 4.84. The summed E-state index contributed by atoms with van der Waals surface area (Å²) in [5.74, 6) is 0.0740. The van der Waals surface area contributed by atoms with E-state index in [1.54, 1.807) is 42.7 Å². The highest BCUT2D eigenvalue weighted by molar-refractivity contribution is 8.15. The number of nitrogens with one attached hydrogen (secondary N) is 1. The van der Waals surface area contributed by atoms with Gasteiger partial charge in [0.2, 0.25) is 11.7 Å². The highest BCUT2D eigenvalue weighted by Crippen LogP contribution is 2.25. The van der Waals surface area contributed by atoms with Crippen LogP contribution in [0.3, 0.4) is 0 Å². The topological polar surface area (TPSA) is 93.3 Å². The van der Waals surface area contributed by atoms with Gasteiger partial charge in [-0.25, -0.2) is 0 Å². The maximum atomic E-state index is 13.0. The van der Waals surface area contributed by atoms with Crippen molar-refractivity contribution in [2.24, 2.45) is 5.10 Å². The largest absolute Gasteiger partial charge is 0.411 e. The minimum atomic E-state index is -0.249. The Morgan fingerprint density at radius 2 is 1.80 bits per heavy atom. The van der Waals surface area contributed by atoms with Crippen LogP contribution in [0.25, 0.3) is 11.5 Å². The van der Waals surface area contributed by atoms with E-state index in [9.17, 15) is 4.79 Å². The summed E-state index contributed by atoms with van der Waals surface area (Å²) < 4.78 is 5.69. The average Bonchev–Trinajstić information content (AvgIpc) is 3.27. The summed E-state index contributed by atoms with van der Waals surface area (Å²) in [5.41, 5.74) is 6.04. The number of Topliss-reactive ketones (excluding diaryl/α,β-unsaturated/α-hetero) is 1. The van der Waals surface area contributed by atoms with Crippen LogP contribution in [0.15, 0.2) is 93.9 Å². The number of aromatic nitrogens is 3. The zero-order valence-corrected chi connectivity index (χ0v) is 16.8. The normalized spacial score (nSPS) is 11.3. The quantitative estimate of drug-likeness (QED) is 0.158. The van der Waals surface area contributed by atoms with Crippen LogP contribution in [0.5, 0.6) is 0 Å². The average molecular weight is 415 g/mol. The number of aryl methyl sites for hydroxylation is 1. The monoisotopic (exact) mass is 415 g/mol. The Bertz CT molecular complexity index is 1160. The second kappa shape index (κ2) is 9.15. The van der Waals surface area contributed by atoms with Crippen LogP contribution in [0, 0.1) is 6.92 Å². The molecule has 4 aromatic rings. The zero-order valence-electron chi connectivity index (χ0n) is 16.0. The maximum Gasteiger partial charge on any atom is 0.283 e. The van der Waals surface area contributed by atoms with Gasteiger partial charge in [0.25, 0.3) is 5.22 Å². The Hall–Kier alpha value is -3.78. The number of pyridine rings is 1. The molecule has 7 nitrogen and oxygen atoms in total. The molecule has 0 aliphatic rings. The van der Waals surface area contributed by atoms with Crippen molar-refractivity contribution in [3.63, 3.8) is 0 Å². The van der Waals surface area contributed by atoms with Gasteiger partial charge in [-0.2, -0.15) is 5.10 Å². The Labute approximate surface area is 177 Å². The molecule has 2 aromatic heterocycles. The van der Waals surface area contributed by atoms with Crippen molar-refractivity contribution in [2.45, 2.75) is 12.1 Å². The summed E-state index contributed by atoms with van der Waals surface area (Å²) >= 11 is 1.01. The molecule has 148 valence electrons. The Morgan fingerprint density at radius 3 is 2.53 bits per heavy atom. The molecule has 0 fully saturated rings. The zero-order chi connectivity index (χ0) is 20.8. The fourth-order valence-electron chi connectivity index (χ4n) is 2.52. The van der Waals surface area contributed by atoms with Gasteiger partial charge in [-0.15, -0.1) is 10.2 Å². The number of benzene rings is 2. The second-order valence-corrected chi connectivity index (χ2v) is 7.25. The molecule has 4 rings (SSSR count). The molecule has 0 radical (unpaired) electrons. The van der Waals surface area contributed by atoms with E-state index in [1.807, 2.05) is 43.3 Å². The lowest BCUT2D eigenvalue weighted by Crippen LogP contribution is -2.13. The molecule has 0 amide bonds. The summed E-state index contributed by atoms with van der Waals surface area (Å²) in [6, 6.07) is 20.2. The van der Waals surface area contributed by atoms with E-state index in [0.29, 0.717) is 17.0 Å². The van der Waals surface area contributed by atoms with E-state index in [-0.39, 0.29) is 16.0 Å². The van der Waals surface area contributed by atoms with Crippen LogP contribution in [0.2, 0.25) is 0 Å². The molecule has 0 spiro atoms. The fourth-order valence-corrected chi connectivity index (χ4v) is 3.19. The van der Waals surface area contributed by atoms with Crippen LogP contribution in [-0.4, -0.2) is 26.0 Å². The minimum Gasteiger partial charge on any atom is -0.411 e. The van der Waals surface area contributed by atoms with Gasteiger partial charge in [0.15, 0.2) is 5.04 Å². The lowest BCUT2D eigenvalue weighted by Gasteiger charge is -2.05. The van der Waals surface area contributed by atoms with Crippen molar-refractivity contribution in [3.05, 3.63) is 90.3 Å². The highest BCUT2D eigenvalue weighted by atomic mass is 32.2. The third-order valence-corrected chi connectivity index (χ3v) is 4.88. The van der Waals surface area contributed by atoms with Gasteiger partial charge in [0.1, 0.15) is 0 Å². The van der Waals surface area contributed by atoms with E-state index < -0.39 is 0 Å². The van der Waals surface area contributed by atoms with Crippen molar-refractivity contribution in [2.75, 3.05) is 5.43 Å². The Balaban J connectivity index is 1.60. The van der Waals surface area contributed by atoms with Crippen molar-refractivity contribution in [3.8, 4) is 11.5 Å². The van der Waals surface area contributed by atoms with Crippen molar-refractivity contribution in [1.82, 2.24) is 15.2 Å². The summed E-state index contributed by atoms with van der Waals surface area (Å²) in [6.45, 7) is 2.00. The highest BCUT2D eigenvalue weighted by Gasteiger charge is 2.20. The van der Waals surface area contributed by atoms with Crippen LogP contribution >= 0.6 is 11.8 Å². The van der Waals surface area contributed by atoms with Crippen LogP contribution in [0.1, 0.15) is 15.9 Å². The number of anilines is 1. The molecule has 1 N–H and O–H groups in total. The van der Waals surface area contributed by atoms with Crippen LogP contribution < -0.4 is 5.43 Å². The molecular weight excluding hydrogens is 398 g/mol. The molecule has 0 saturated heterocycles. The predicted molar refractivity (Wildman–Crippen MR) is 116 cm³/mol. The van der Waals surface area contributed by atoms with Gasteiger partial charge in [0.05, 0.1) is 11.3 Å². The molecule has 0 bridgehead atoms. The minimum absolute atomic E-state index is 0.183. The second-order valence-electron chi connectivity index (χ2n) is 6.31. The number of rotatable bonds is 6. The van der Waals surface area contributed by atoms with Crippen molar-refractivity contribution in [1.29, 1.82) is 0 Å². The van der Waals surface area contributed by atoms with Crippen molar-refractivity contribution < 1.29 is 9.21 Å². The lowest BCUT2D eigenvalue weighted by molar-refractivity contribution is 0.106. The van der Waals surface area contributed by atoms with Gasteiger partial charge in [-0.1, -0.05) is 48.0 Å². The number of hydrogen-bond acceptors (Lipinski definition) is 8. The molecule has 0 aliphatic carbocycles. The van der Waals surface area contributed by atoms with Gasteiger partial charge >= 0.3 is 0 Å². The molecular formula is C22H17N5O2S. The molecule has 0 atom stereocenters. The molecule has 30 heavy (non-hydrogen) atoms. The summed E-state index contributed by atoms with van der Waals surface area (Å²) in [6.07, 6.45) is 3.29. The van der Waals surface area contributed by atoms with Crippen LogP contribution in [-0.2, 0) is 0 Å². The third kappa shape index (κ3) is 4.79. The van der Waals surface area contributed by atoms with Gasteiger partial charge in [0, 0.05) is 18.0 Å². The van der Waals surface area contributed by atoms with Crippen molar-refractivity contribution >= 4 is 28.3 Å². The van der Waals surface area contributed by atoms with E-state index >= 15 is 0 Å². The number of nitrogens with zero attached hydrogens (tertiary/aromatic N) is 4. The molecule has 2 aromatic carbocycles. The number of hydrogen-bond donors (Lipinski definition) is 1. The first-order chi connectivity index (χ1) is 14.7. The molecule has 2 heterocycles. The van der Waals surface area contributed by atoms with Gasteiger partial charge in [-0.05, 0) is 43.0 Å². The summed E-state index contributed by atoms with van der Waals surface area (Å²) in [4.78, 5) is 17.1. The first-order valence-corrected chi connectivity index (χ1v) is 9.92. The number of hydrazone groups is 1. The van der Waals surface area contributed by atoms with Gasteiger partial charge < -0.3 is 4.42 Å². The first kappa shape index (κ1) is 19.5. The molecule has 0 saturated carbocycles. The number of thioether (sulfide) groups is 1.